The zero-order valence-electron chi connectivity index (χ0n) is 13.3. The van der Waals surface area contributed by atoms with E-state index < -0.39 is 0 Å². The first-order chi connectivity index (χ1) is 10.7. The summed E-state index contributed by atoms with van der Waals surface area (Å²) in [6, 6.07) is 0. The largest absolute Gasteiger partial charge is 0.357 e. The highest BCUT2D eigenvalue weighted by Crippen LogP contribution is 2.28. The fourth-order valence-electron chi connectivity index (χ4n) is 2.00. The first-order valence-corrected chi connectivity index (χ1v) is 8.78. The van der Waals surface area contributed by atoms with Gasteiger partial charge in [0.15, 0.2) is 5.96 Å². The molecule has 6 nitrogen and oxygen atoms in total. The van der Waals surface area contributed by atoms with Gasteiger partial charge in [0.05, 0.1) is 10.7 Å². The first-order valence-electron chi connectivity index (χ1n) is 7.90. The summed E-state index contributed by atoms with van der Waals surface area (Å²) in [6.07, 6.45) is 2.93. The highest BCUT2D eigenvalue weighted by Gasteiger charge is 2.28. The highest BCUT2D eigenvalue weighted by atomic mass is 32.1. The van der Waals surface area contributed by atoms with Crippen LogP contribution in [0.4, 0.5) is 0 Å². The molecule has 0 atom stereocenters. The van der Waals surface area contributed by atoms with Gasteiger partial charge in [0.1, 0.15) is 0 Å². The Bertz CT molecular complexity index is 510. The van der Waals surface area contributed by atoms with E-state index in [9.17, 15) is 4.79 Å². The average molecular weight is 323 g/mol. The Morgan fingerprint density at radius 3 is 2.77 bits per heavy atom. The predicted octanol–water partition coefficient (Wildman–Crippen LogP) is 1.08. The second kappa shape index (κ2) is 8.73. The van der Waals surface area contributed by atoms with Crippen LogP contribution in [-0.2, 0) is 11.2 Å². The van der Waals surface area contributed by atoms with Crippen molar-refractivity contribution in [3.05, 3.63) is 16.1 Å². The molecule has 122 valence electrons. The van der Waals surface area contributed by atoms with Crippen LogP contribution in [0.3, 0.4) is 0 Å². The Labute approximate surface area is 135 Å². The summed E-state index contributed by atoms with van der Waals surface area (Å²) in [6.45, 7) is 6.88. The van der Waals surface area contributed by atoms with Crippen LogP contribution in [0, 0.1) is 12.8 Å². The molecule has 0 bridgehead atoms. The summed E-state index contributed by atoms with van der Waals surface area (Å²) >= 11 is 1.67. The smallest absolute Gasteiger partial charge is 0.223 e. The van der Waals surface area contributed by atoms with Crippen molar-refractivity contribution in [1.29, 1.82) is 0 Å². The minimum Gasteiger partial charge on any atom is -0.357 e. The molecule has 1 amide bonds. The molecule has 1 aromatic heterocycles. The lowest BCUT2D eigenvalue weighted by Crippen LogP contribution is -2.41. The third-order valence-electron chi connectivity index (χ3n) is 3.31. The van der Waals surface area contributed by atoms with Crippen molar-refractivity contribution in [2.75, 3.05) is 26.2 Å². The monoisotopic (exact) mass is 323 g/mol. The topological polar surface area (TPSA) is 78.4 Å². The van der Waals surface area contributed by atoms with Crippen LogP contribution >= 0.6 is 11.3 Å². The van der Waals surface area contributed by atoms with Crippen molar-refractivity contribution in [3.63, 3.8) is 0 Å². The van der Waals surface area contributed by atoms with E-state index in [4.69, 9.17) is 0 Å². The van der Waals surface area contributed by atoms with Crippen molar-refractivity contribution in [1.82, 2.24) is 20.9 Å². The van der Waals surface area contributed by atoms with Gasteiger partial charge in [-0.1, -0.05) is 0 Å². The van der Waals surface area contributed by atoms with Crippen LogP contribution in [-0.4, -0.2) is 43.0 Å². The van der Waals surface area contributed by atoms with Gasteiger partial charge < -0.3 is 16.0 Å². The molecule has 7 heteroatoms. The molecule has 0 unspecified atom stereocenters. The van der Waals surface area contributed by atoms with E-state index >= 15 is 0 Å². The summed E-state index contributed by atoms with van der Waals surface area (Å²) in [5.74, 6) is 1.24. The first kappa shape index (κ1) is 16.7. The number of nitrogens with zero attached hydrogens (tertiary/aromatic N) is 2. The molecular weight excluding hydrogens is 298 g/mol. The number of nitrogens with one attached hydrogen (secondary N) is 3. The van der Waals surface area contributed by atoms with E-state index in [-0.39, 0.29) is 11.8 Å². The lowest BCUT2D eigenvalue weighted by atomic mass is 10.3. The van der Waals surface area contributed by atoms with Gasteiger partial charge in [0.2, 0.25) is 5.91 Å². The van der Waals surface area contributed by atoms with Gasteiger partial charge in [-0.05, 0) is 26.7 Å². The minimum absolute atomic E-state index is 0.183. The molecule has 1 heterocycles. The molecule has 2 rings (SSSR count). The maximum Gasteiger partial charge on any atom is 0.223 e. The van der Waals surface area contributed by atoms with Crippen molar-refractivity contribution < 1.29 is 4.79 Å². The second-order valence-electron chi connectivity index (χ2n) is 5.36. The zero-order valence-corrected chi connectivity index (χ0v) is 14.1. The summed E-state index contributed by atoms with van der Waals surface area (Å²) < 4.78 is 0. The molecule has 3 N–H and O–H groups in total. The van der Waals surface area contributed by atoms with Gasteiger partial charge in [-0.15, -0.1) is 11.3 Å². The van der Waals surface area contributed by atoms with Gasteiger partial charge in [0, 0.05) is 43.9 Å². The molecule has 1 aliphatic carbocycles. The quantitative estimate of drug-likeness (QED) is 0.380. The lowest BCUT2D eigenvalue weighted by molar-refractivity contribution is -0.122. The number of hydrogen-bond acceptors (Lipinski definition) is 4. The SMILES string of the molecule is CCNC(=NCCc1csc(C)n1)NCCNC(=O)C1CC1. The van der Waals surface area contributed by atoms with Gasteiger partial charge in [-0.25, -0.2) is 4.98 Å². The molecule has 0 aromatic carbocycles. The van der Waals surface area contributed by atoms with E-state index in [1.54, 1.807) is 11.3 Å². The van der Waals surface area contributed by atoms with Crippen LogP contribution in [0.2, 0.25) is 0 Å². The Morgan fingerprint density at radius 1 is 1.36 bits per heavy atom. The number of aliphatic imine (C=N–C) groups is 1. The molecule has 1 saturated carbocycles. The average Bonchev–Trinajstić information content (AvgIpc) is 3.27. The van der Waals surface area contributed by atoms with Gasteiger partial charge >= 0.3 is 0 Å². The van der Waals surface area contributed by atoms with Crippen molar-refractivity contribution in [2.24, 2.45) is 10.9 Å². The van der Waals surface area contributed by atoms with E-state index in [0.717, 1.165) is 42.5 Å². The number of thiazole rings is 1. The highest BCUT2D eigenvalue weighted by molar-refractivity contribution is 7.09. The Balaban J connectivity index is 1.66. The minimum atomic E-state index is 0.183. The summed E-state index contributed by atoms with van der Waals surface area (Å²) in [4.78, 5) is 20.5. The fourth-order valence-corrected chi connectivity index (χ4v) is 2.65. The van der Waals surface area contributed by atoms with Crippen molar-refractivity contribution in [3.8, 4) is 0 Å². The number of rotatable bonds is 8. The summed E-state index contributed by atoms with van der Waals surface area (Å²) in [5.41, 5.74) is 1.10. The van der Waals surface area contributed by atoms with Crippen molar-refractivity contribution >= 4 is 23.2 Å². The Morgan fingerprint density at radius 2 is 2.14 bits per heavy atom. The lowest BCUT2D eigenvalue weighted by Gasteiger charge is -2.11. The third kappa shape index (κ3) is 6.01. The predicted molar refractivity (Wildman–Crippen MR) is 90.3 cm³/mol. The van der Waals surface area contributed by atoms with E-state index in [1.807, 2.05) is 13.8 Å². The summed E-state index contributed by atoms with van der Waals surface area (Å²) in [5, 5.41) is 12.5. The van der Waals surface area contributed by atoms with E-state index in [0.29, 0.717) is 19.6 Å². The zero-order chi connectivity index (χ0) is 15.8. The number of amides is 1. The normalized spacial score (nSPS) is 14.7. The number of aromatic nitrogens is 1. The molecule has 1 fully saturated rings. The van der Waals surface area contributed by atoms with Crippen LogP contribution in [0.5, 0.6) is 0 Å². The molecular formula is C15H25N5OS. The molecule has 0 spiro atoms. The maximum atomic E-state index is 11.5. The van der Waals surface area contributed by atoms with Crippen LogP contribution in [0.25, 0.3) is 0 Å². The number of guanidine groups is 1. The van der Waals surface area contributed by atoms with Crippen LogP contribution < -0.4 is 16.0 Å². The van der Waals surface area contributed by atoms with E-state index in [2.05, 4.69) is 31.3 Å². The van der Waals surface area contributed by atoms with Gasteiger partial charge in [0.25, 0.3) is 0 Å². The van der Waals surface area contributed by atoms with E-state index in [1.165, 1.54) is 0 Å². The Kier molecular flexibility index (Phi) is 6.64. The van der Waals surface area contributed by atoms with Gasteiger partial charge in [-0.3, -0.25) is 9.79 Å². The fraction of sp³-hybridized carbons (Fsp3) is 0.667. The number of hydrogen-bond donors (Lipinski definition) is 3. The van der Waals surface area contributed by atoms with Crippen molar-refractivity contribution in [2.45, 2.75) is 33.1 Å². The molecule has 0 radical (unpaired) electrons. The number of aryl methyl sites for hydroxylation is 1. The molecule has 22 heavy (non-hydrogen) atoms. The van der Waals surface area contributed by atoms with Gasteiger partial charge in [-0.2, -0.15) is 0 Å². The molecule has 0 aliphatic heterocycles. The standard InChI is InChI=1S/C15H25N5OS/c1-3-16-15(18-7-6-13-10-22-11(2)20-13)19-9-8-17-14(21)12-4-5-12/h10,12H,3-9H2,1-2H3,(H,17,21)(H2,16,18,19). The number of carbonyl (C=O) groups is 1. The van der Waals surface area contributed by atoms with Crippen LogP contribution in [0.15, 0.2) is 10.4 Å². The molecule has 1 aromatic rings. The molecule has 1 aliphatic rings. The van der Waals surface area contributed by atoms with Crippen LogP contribution in [0.1, 0.15) is 30.5 Å². The third-order valence-corrected chi connectivity index (χ3v) is 4.14. The maximum absolute atomic E-state index is 11.5. The second-order valence-corrected chi connectivity index (χ2v) is 6.42. The summed E-state index contributed by atoms with van der Waals surface area (Å²) in [7, 11) is 0. The Hall–Kier alpha value is -1.63. The number of carbonyl (C=O) groups excluding carboxylic acids is 1. The molecule has 0 saturated heterocycles.